The van der Waals surface area contributed by atoms with Crippen molar-refractivity contribution in [3.05, 3.63) is 59.1 Å². The highest BCUT2D eigenvalue weighted by Crippen LogP contribution is 2.26. The van der Waals surface area contributed by atoms with Gasteiger partial charge >= 0.3 is 0 Å². The third-order valence-electron chi connectivity index (χ3n) is 4.78. The summed E-state index contributed by atoms with van der Waals surface area (Å²) < 4.78 is 5.61. The van der Waals surface area contributed by atoms with E-state index in [4.69, 9.17) is 16.3 Å². The molecule has 0 aromatic heterocycles. The Morgan fingerprint density at radius 3 is 2.57 bits per heavy atom. The van der Waals surface area contributed by atoms with E-state index in [0.717, 1.165) is 24.3 Å². The molecule has 0 spiro atoms. The maximum Gasteiger partial charge on any atom is 0.251 e. The number of rotatable bonds is 8. The van der Waals surface area contributed by atoms with E-state index in [2.05, 4.69) is 12.2 Å². The summed E-state index contributed by atoms with van der Waals surface area (Å²) in [6.45, 7) is 3.85. The van der Waals surface area contributed by atoms with Crippen LogP contribution in [0.15, 0.2) is 48.5 Å². The molecule has 1 heterocycles. The van der Waals surface area contributed by atoms with Gasteiger partial charge in [-0.25, -0.2) is 0 Å². The van der Waals surface area contributed by atoms with Gasteiger partial charge in [-0.2, -0.15) is 0 Å². The molecule has 0 saturated carbocycles. The monoisotopic (exact) mass is 400 g/mol. The summed E-state index contributed by atoms with van der Waals surface area (Å²) in [5.41, 5.74) is 1.42. The Bertz CT molecular complexity index is 806. The number of carbonyl (C=O) groups is 2. The molecular formula is C22H25ClN2O3. The van der Waals surface area contributed by atoms with E-state index < -0.39 is 0 Å². The molecule has 5 nitrogen and oxygen atoms in total. The molecule has 2 aromatic carbocycles. The summed E-state index contributed by atoms with van der Waals surface area (Å²) in [5.74, 6) is 0.779. The van der Waals surface area contributed by atoms with Gasteiger partial charge in [0.25, 0.3) is 5.91 Å². The molecule has 0 radical (unpaired) electrons. The van der Waals surface area contributed by atoms with E-state index in [1.165, 1.54) is 0 Å². The minimum Gasteiger partial charge on any atom is -0.494 e. The van der Waals surface area contributed by atoms with Gasteiger partial charge in [0.2, 0.25) is 5.91 Å². The second kappa shape index (κ2) is 9.60. The Morgan fingerprint density at radius 1 is 1.18 bits per heavy atom. The molecule has 2 aromatic rings. The van der Waals surface area contributed by atoms with Gasteiger partial charge in [0.1, 0.15) is 5.75 Å². The van der Waals surface area contributed by atoms with Gasteiger partial charge in [0, 0.05) is 41.7 Å². The predicted octanol–water partition coefficient (Wildman–Crippen LogP) is 4.30. The lowest BCUT2D eigenvalue weighted by Gasteiger charge is -2.17. The van der Waals surface area contributed by atoms with Crippen LogP contribution in [0, 0.1) is 5.92 Å². The van der Waals surface area contributed by atoms with Crippen LogP contribution in [0.2, 0.25) is 5.02 Å². The van der Waals surface area contributed by atoms with Crippen LogP contribution in [0.5, 0.6) is 5.75 Å². The average molecular weight is 401 g/mol. The van der Waals surface area contributed by atoms with Crippen molar-refractivity contribution in [3.63, 3.8) is 0 Å². The highest BCUT2D eigenvalue weighted by molar-refractivity contribution is 6.30. The molecule has 1 atom stereocenters. The fourth-order valence-electron chi connectivity index (χ4n) is 3.16. The molecule has 0 bridgehead atoms. The summed E-state index contributed by atoms with van der Waals surface area (Å²) in [6, 6.07) is 14.4. The number of hydrogen-bond donors (Lipinski definition) is 1. The van der Waals surface area contributed by atoms with Crippen molar-refractivity contribution >= 4 is 29.1 Å². The molecular weight excluding hydrogens is 376 g/mol. The molecule has 1 fully saturated rings. The first-order valence-electron chi connectivity index (χ1n) is 9.64. The zero-order valence-electron chi connectivity index (χ0n) is 16.0. The van der Waals surface area contributed by atoms with Gasteiger partial charge < -0.3 is 15.0 Å². The fourth-order valence-corrected chi connectivity index (χ4v) is 3.29. The summed E-state index contributed by atoms with van der Waals surface area (Å²) in [4.78, 5) is 26.4. The maximum absolute atomic E-state index is 12.4. The van der Waals surface area contributed by atoms with Crippen LogP contribution in [0.1, 0.15) is 36.5 Å². The Morgan fingerprint density at radius 2 is 1.89 bits per heavy atom. The predicted molar refractivity (Wildman–Crippen MR) is 111 cm³/mol. The van der Waals surface area contributed by atoms with Crippen molar-refractivity contribution in [3.8, 4) is 5.75 Å². The lowest BCUT2D eigenvalue weighted by atomic mass is 10.1. The number of benzene rings is 2. The number of halogens is 1. The SMILES string of the molecule is CCCCOc1ccc(C(=O)NCC2CC(=O)N(c3ccc(Cl)cc3)C2)cc1. The van der Waals surface area contributed by atoms with E-state index >= 15 is 0 Å². The Hall–Kier alpha value is -2.53. The zero-order valence-corrected chi connectivity index (χ0v) is 16.7. The number of hydrogen-bond acceptors (Lipinski definition) is 3. The summed E-state index contributed by atoms with van der Waals surface area (Å²) >= 11 is 5.91. The number of anilines is 1. The first kappa shape index (κ1) is 20.2. The minimum absolute atomic E-state index is 0.0650. The molecule has 1 unspecified atom stereocenters. The van der Waals surface area contributed by atoms with E-state index in [1.54, 1.807) is 29.2 Å². The Labute approximate surface area is 170 Å². The zero-order chi connectivity index (χ0) is 19.9. The first-order valence-corrected chi connectivity index (χ1v) is 10.0. The second-order valence-corrected chi connectivity index (χ2v) is 7.42. The molecule has 148 valence electrons. The van der Waals surface area contributed by atoms with Crippen LogP contribution in [-0.2, 0) is 4.79 Å². The lowest BCUT2D eigenvalue weighted by Crippen LogP contribution is -2.31. The highest BCUT2D eigenvalue weighted by atomic mass is 35.5. The third kappa shape index (κ3) is 5.26. The molecule has 1 saturated heterocycles. The fraction of sp³-hybridized carbons (Fsp3) is 0.364. The highest BCUT2D eigenvalue weighted by Gasteiger charge is 2.30. The van der Waals surface area contributed by atoms with Crippen molar-refractivity contribution in [2.75, 3.05) is 24.6 Å². The van der Waals surface area contributed by atoms with E-state index in [1.807, 2.05) is 24.3 Å². The van der Waals surface area contributed by atoms with E-state index in [0.29, 0.717) is 36.7 Å². The van der Waals surface area contributed by atoms with Crippen LogP contribution in [0.4, 0.5) is 5.69 Å². The number of ether oxygens (including phenoxy) is 1. The minimum atomic E-state index is -0.141. The Kier molecular flexibility index (Phi) is 6.93. The molecule has 0 aliphatic carbocycles. The van der Waals surface area contributed by atoms with Gasteiger partial charge in [-0.3, -0.25) is 9.59 Å². The van der Waals surface area contributed by atoms with Crippen molar-refractivity contribution in [2.45, 2.75) is 26.2 Å². The van der Waals surface area contributed by atoms with Crippen molar-refractivity contribution in [1.29, 1.82) is 0 Å². The van der Waals surface area contributed by atoms with Crippen LogP contribution < -0.4 is 15.0 Å². The van der Waals surface area contributed by atoms with Crippen LogP contribution in [0.25, 0.3) is 0 Å². The van der Waals surface area contributed by atoms with Gasteiger partial charge in [-0.05, 0) is 55.0 Å². The quantitative estimate of drug-likeness (QED) is 0.672. The first-order chi connectivity index (χ1) is 13.6. The van der Waals surface area contributed by atoms with Crippen LogP contribution in [-0.4, -0.2) is 31.5 Å². The molecule has 1 aliphatic heterocycles. The normalized spacial score (nSPS) is 16.3. The number of nitrogens with one attached hydrogen (secondary N) is 1. The number of carbonyl (C=O) groups excluding carboxylic acids is 2. The molecule has 6 heteroatoms. The van der Waals surface area contributed by atoms with Crippen molar-refractivity contribution in [2.24, 2.45) is 5.92 Å². The number of unbranched alkanes of at least 4 members (excludes halogenated alkanes) is 1. The van der Waals surface area contributed by atoms with E-state index in [9.17, 15) is 9.59 Å². The molecule has 28 heavy (non-hydrogen) atoms. The third-order valence-corrected chi connectivity index (χ3v) is 5.03. The largest absolute Gasteiger partial charge is 0.494 e. The summed E-state index contributed by atoms with van der Waals surface area (Å²) in [5, 5.41) is 3.57. The van der Waals surface area contributed by atoms with Crippen LogP contribution in [0.3, 0.4) is 0 Å². The maximum atomic E-state index is 12.4. The topological polar surface area (TPSA) is 58.6 Å². The Balaban J connectivity index is 1.49. The molecule has 1 aliphatic rings. The average Bonchev–Trinajstić information content (AvgIpc) is 3.08. The lowest BCUT2D eigenvalue weighted by molar-refractivity contribution is -0.117. The van der Waals surface area contributed by atoms with E-state index in [-0.39, 0.29) is 17.7 Å². The van der Waals surface area contributed by atoms with Crippen molar-refractivity contribution in [1.82, 2.24) is 5.32 Å². The van der Waals surface area contributed by atoms with Gasteiger partial charge in [-0.1, -0.05) is 24.9 Å². The summed E-state index contributed by atoms with van der Waals surface area (Å²) in [7, 11) is 0. The molecule has 1 N–H and O–H groups in total. The second-order valence-electron chi connectivity index (χ2n) is 6.99. The number of amides is 2. The van der Waals surface area contributed by atoms with Crippen LogP contribution >= 0.6 is 11.6 Å². The van der Waals surface area contributed by atoms with Gasteiger partial charge in [0.15, 0.2) is 0 Å². The van der Waals surface area contributed by atoms with Gasteiger partial charge in [-0.15, -0.1) is 0 Å². The molecule has 2 amide bonds. The molecule has 3 rings (SSSR count). The van der Waals surface area contributed by atoms with Crippen molar-refractivity contribution < 1.29 is 14.3 Å². The standard InChI is InChI=1S/C22H25ClN2O3/c1-2-3-12-28-20-10-4-17(5-11-20)22(27)24-14-16-13-21(26)25(15-16)19-8-6-18(23)7-9-19/h4-11,16H,2-3,12-15H2,1H3,(H,24,27). The smallest absolute Gasteiger partial charge is 0.251 e. The number of nitrogens with zero attached hydrogens (tertiary/aromatic N) is 1. The summed E-state index contributed by atoms with van der Waals surface area (Å²) in [6.07, 6.45) is 2.52. The van der Waals surface area contributed by atoms with Gasteiger partial charge in [0.05, 0.1) is 6.61 Å².